The van der Waals surface area contributed by atoms with Gasteiger partial charge in [0.05, 0.1) is 6.54 Å². The highest BCUT2D eigenvalue weighted by Gasteiger charge is 2.40. The van der Waals surface area contributed by atoms with E-state index in [4.69, 9.17) is 0 Å². The van der Waals surface area contributed by atoms with Crippen LogP contribution in [0.5, 0.6) is 0 Å². The van der Waals surface area contributed by atoms with E-state index in [1.807, 2.05) is 13.2 Å². The second kappa shape index (κ2) is 11.3. The van der Waals surface area contributed by atoms with Crippen LogP contribution in [-0.4, -0.2) is 45.6 Å². The van der Waals surface area contributed by atoms with Gasteiger partial charge in [-0.2, -0.15) is 0 Å². The fraction of sp³-hybridized carbons (Fsp3) is 0.583. The molecule has 0 radical (unpaired) electrons. The van der Waals surface area contributed by atoms with E-state index < -0.39 is 0 Å². The summed E-state index contributed by atoms with van der Waals surface area (Å²) in [4.78, 5) is 11.7. The van der Waals surface area contributed by atoms with Gasteiger partial charge in [-0.15, -0.1) is 24.0 Å². The number of benzene rings is 1. The average molecular weight is 537 g/mol. The maximum atomic E-state index is 4.52. The fourth-order valence-corrected chi connectivity index (χ4v) is 5.06. The molecule has 6 nitrogen and oxygen atoms in total. The van der Waals surface area contributed by atoms with Gasteiger partial charge in [0.2, 0.25) is 0 Å². The van der Waals surface area contributed by atoms with Gasteiger partial charge in [-0.3, -0.25) is 9.89 Å². The largest absolute Gasteiger partial charge is 0.354 e. The SMILES string of the molecule is CN=C(NCc1nccn1CC(C)C)NC1CC2CCC(C1)N2Cc1ccccc1.I. The lowest BCUT2D eigenvalue weighted by atomic mass is 9.96. The molecular formula is C24H37IN6. The smallest absolute Gasteiger partial charge is 0.191 e. The molecule has 31 heavy (non-hydrogen) atoms. The van der Waals surface area contributed by atoms with Crippen LogP contribution >= 0.6 is 24.0 Å². The van der Waals surface area contributed by atoms with Crippen LogP contribution in [-0.2, 0) is 19.6 Å². The lowest BCUT2D eigenvalue weighted by molar-refractivity contribution is 0.114. The first-order valence-electron chi connectivity index (χ1n) is 11.4. The van der Waals surface area contributed by atoms with Crippen molar-refractivity contribution in [1.82, 2.24) is 25.1 Å². The standard InChI is InChI=1S/C24H36N6.HI/c1-18(2)16-29-12-11-26-23(29)15-27-24(25-3)28-20-13-21-9-10-22(14-20)30(21)17-19-7-5-4-6-8-19;/h4-8,11-12,18,20-22H,9-10,13-17H2,1-3H3,(H2,25,27,28);1H. The molecule has 4 rings (SSSR count). The summed E-state index contributed by atoms with van der Waals surface area (Å²) in [7, 11) is 1.86. The molecule has 2 saturated heterocycles. The van der Waals surface area contributed by atoms with Crippen LogP contribution in [0, 0.1) is 5.92 Å². The average Bonchev–Trinajstić information content (AvgIpc) is 3.26. The monoisotopic (exact) mass is 536 g/mol. The Morgan fingerprint density at radius 2 is 1.87 bits per heavy atom. The van der Waals surface area contributed by atoms with Crippen LogP contribution in [0.15, 0.2) is 47.7 Å². The van der Waals surface area contributed by atoms with E-state index in [9.17, 15) is 0 Å². The number of nitrogens with one attached hydrogen (secondary N) is 2. The predicted octanol–water partition coefficient (Wildman–Crippen LogP) is 4.02. The zero-order chi connectivity index (χ0) is 20.9. The van der Waals surface area contributed by atoms with E-state index >= 15 is 0 Å². The Labute approximate surface area is 203 Å². The number of aromatic nitrogens is 2. The molecule has 0 spiro atoms. The molecular weight excluding hydrogens is 499 g/mol. The third-order valence-electron chi connectivity index (χ3n) is 6.43. The van der Waals surface area contributed by atoms with E-state index in [1.54, 1.807) is 0 Å². The number of guanidine groups is 1. The molecule has 170 valence electrons. The predicted molar refractivity (Wildman–Crippen MR) is 138 cm³/mol. The molecule has 0 aliphatic carbocycles. The quantitative estimate of drug-likeness (QED) is 0.319. The Bertz CT molecular complexity index is 820. The summed E-state index contributed by atoms with van der Waals surface area (Å²) in [6, 6.07) is 12.7. The van der Waals surface area contributed by atoms with Crippen molar-refractivity contribution in [2.24, 2.45) is 10.9 Å². The molecule has 2 atom stereocenters. The minimum atomic E-state index is 0. The third-order valence-corrected chi connectivity index (χ3v) is 6.43. The van der Waals surface area contributed by atoms with Crippen molar-refractivity contribution in [1.29, 1.82) is 0 Å². The van der Waals surface area contributed by atoms with Crippen LogP contribution in [0.1, 0.15) is 50.9 Å². The number of hydrogen-bond acceptors (Lipinski definition) is 3. The van der Waals surface area contributed by atoms with Crippen LogP contribution in [0.3, 0.4) is 0 Å². The summed E-state index contributed by atoms with van der Waals surface area (Å²) in [5, 5.41) is 7.16. The lowest BCUT2D eigenvalue weighted by Gasteiger charge is -2.39. The summed E-state index contributed by atoms with van der Waals surface area (Å²) in [5.74, 6) is 2.55. The molecule has 2 bridgehead atoms. The molecule has 3 heterocycles. The molecule has 0 saturated carbocycles. The second-order valence-electron chi connectivity index (χ2n) is 9.17. The molecule has 2 N–H and O–H groups in total. The first kappa shape index (κ1) is 24.0. The summed E-state index contributed by atoms with van der Waals surface area (Å²) >= 11 is 0. The molecule has 1 aromatic heterocycles. The molecule has 1 aromatic carbocycles. The molecule has 0 amide bonds. The van der Waals surface area contributed by atoms with Gasteiger partial charge in [0.25, 0.3) is 0 Å². The number of imidazole rings is 1. The van der Waals surface area contributed by atoms with Gasteiger partial charge < -0.3 is 15.2 Å². The summed E-state index contributed by atoms with van der Waals surface area (Å²) < 4.78 is 2.23. The molecule has 2 aliphatic rings. The van der Waals surface area contributed by atoms with Gasteiger partial charge in [0, 0.05) is 50.7 Å². The number of aliphatic imine (C=N–C) groups is 1. The van der Waals surface area contributed by atoms with Gasteiger partial charge in [0.15, 0.2) is 5.96 Å². The van der Waals surface area contributed by atoms with Crippen molar-refractivity contribution in [2.75, 3.05) is 7.05 Å². The van der Waals surface area contributed by atoms with Gasteiger partial charge in [-0.05, 0) is 37.2 Å². The summed E-state index contributed by atoms with van der Waals surface area (Å²) in [6.45, 7) is 7.23. The first-order valence-corrected chi connectivity index (χ1v) is 11.4. The van der Waals surface area contributed by atoms with Gasteiger partial charge in [0.1, 0.15) is 5.82 Å². The van der Waals surface area contributed by atoms with Crippen molar-refractivity contribution >= 4 is 29.9 Å². The second-order valence-corrected chi connectivity index (χ2v) is 9.17. The molecule has 7 heteroatoms. The number of fused-ring (bicyclic) bond motifs is 2. The van der Waals surface area contributed by atoms with E-state index in [2.05, 4.69) is 80.5 Å². The zero-order valence-corrected chi connectivity index (χ0v) is 21.3. The zero-order valence-electron chi connectivity index (χ0n) is 19.0. The van der Waals surface area contributed by atoms with Crippen LogP contribution in [0.4, 0.5) is 0 Å². The number of halogens is 1. The summed E-state index contributed by atoms with van der Waals surface area (Å²) in [6.07, 6.45) is 8.95. The highest BCUT2D eigenvalue weighted by molar-refractivity contribution is 14.0. The Balaban J connectivity index is 0.00000272. The van der Waals surface area contributed by atoms with Crippen LogP contribution < -0.4 is 10.6 Å². The van der Waals surface area contributed by atoms with E-state index in [1.165, 1.54) is 31.2 Å². The third kappa shape index (κ3) is 6.22. The molecule has 2 aliphatic heterocycles. The van der Waals surface area contributed by atoms with E-state index in [0.717, 1.165) is 24.9 Å². The Morgan fingerprint density at radius 3 is 2.52 bits per heavy atom. The maximum absolute atomic E-state index is 4.52. The van der Waals surface area contributed by atoms with E-state index in [-0.39, 0.29) is 24.0 Å². The number of hydrogen-bond donors (Lipinski definition) is 2. The fourth-order valence-electron chi connectivity index (χ4n) is 5.06. The van der Waals surface area contributed by atoms with Crippen molar-refractivity contribution in [2.45, 2.75) is 77.3 Å². The molecule has 2 aromatic rings. The first-order chi connectivity index (χ1) is 14.6. The van der Waals surface area contributed by atoms with Crippen molar-refractivity contribution < 1.29 is 0 Å². The maximum Gasteiger partial charge on any atom is 0.191 e. The number of rotatable bonds is 7. The molecule has 2 unspecified atom stereocenters. The minimum absolute atomic E-state index is 0. The van der Waals surface area contributed by atoms with E-state index in [0.29, 0.717) is 30.6 Å². The Morgan fingerprint density at radius 1 is 1.16 bits per heavy atom. The topological polar surface area (TPSA) is 57.5 Å². The number of nitrogens with zero attached hydrogens (tertiary/aromatic N) is 4. The Kier molecular flexibility index (Phi) is 8.77. The van der Waals surface area contributed by atoms with Crippen LogP contribution in [0.25, 0.3) is 0 Å². The van der Waals surface area contributed by atoms with Gasteiger partial charge >= 0.3 is 0 Å². The van der Waals surface area contributed by atoms with Crippen molar-refractivity contribution in [3.8, 4) is 0 Å². The van der Waals surface area contributed by atoms with Gasteiger partial charge in [-0.1, -0.05) is 44.2 Å². The number of piperidine rings is 1. The summed E-state index contributed by atoms with van der Waals surface area (Å²) in [5.41, 5.74) is 1.43. The van der Waals surface area contributed by atoms with Crippen molar-refractivity contribution in [3.05, 3.63) is 54.1 Å². The van der Waals surface area contributed by atoms with Crippen molar-refractivity contribution in [3.63, 3.8) is 0 Å². The highest BCUT2D eigenvalue weighted by atomic mass is 127. The van der Waals surface area contributed by atoms with Gasteiger partial charge in [-0.25, -0.2) is 4.98 Å². The lowest BCUT2D eigenvalue weighted by Crippen LogP contribution is -2.52. The Hall–Kier alpha value is -1.61. The highest BCUT2D eigenvalue weighted by Crippen LogP contribution is 2.36. The molecule has 2 fully saturated rings. The minimum Gasteiger partial charge on any atom is -0.354 e. The van der Waals surface area contributed by atoms with Crippen LogP contribution in [0.2, 0.25) is 0 Å². The normalized spacial score (nSPS) is 23.6.